The molecule has 6 aromatic rings. The number of aromatic carboxylic acids is 1. The van der Waals surface area contributed by atoms with Crippen LogP contribution in [0.5, 0.6) is 5.75 Å². The molecule has 2 N–H and O–H groups in total. The van der Waals surface area contributed by atoms with E-state index in [4.69, 9.17) is 4.74 Å². The molecule has 9 nitrogen and oxygen atoms in total. The lowest BCUT2D eigenvalue weighted by atomic mass is 9.96. The third-order valence-electron chi connectivity index (χ3n) is 6.76. The Morgan fingerprint density at radius 3 is 2.62 bits per heavy atom. The minimum atomic E-state index is -1.09. The summed E-state index contributed by atoms with van der Waals surface area (Å²) in [5, 5.41) is 14.2. The molecule has 3 aromatic heterocycles. The summed E-state index contributed by atoms with van der Waals surface area (Å²) in [5.41, 5.74) is 5.05. The van der Waals surface area contributed by atoms with Gasteiger partial charge in [0, 0.05) is 11.4 Å². The van der Waals surface area contributed by atoms with Crippen LogP contribution in [0, 0.1) is 0 Å². The topological polar surface area (TPSA) is 119 Å². The number of benzene rings is 3. The fourth-order valence-electron chi connectivity index (χ4n) is 4.90. The molecule has 0 aliphatic heterocycles. The number of fused-ring (bicyclic) bond motifs is 2. The summed E-state index contributed by atoms with van der Waals surface area (Å²) >= 11 is 1.43. The second kappa shape index (κ2) is 10.2. The smallest absolute Gasteiger partial charge is 0.339 e. The Kier molecular flexibility index (Phi) is 6.45. The number of hydrogen-bond donors (Lipinski definition) is 2. The van der Waals surface area contributed by atoms with E-state index in [0.29, 0.717) is 33.5 Å². The Morgan fingerprint density at radius 1 is 1.02 bits per heavy atom. The second-order valence-corrected chi connectivity index (χ2v) is 9.96. The number of methoxy groups -OCH3 is 1. The maximum absolute atomic E-state index is 14.4. The predicted octanol–water partition coefficient (Wildman–Crippen LogP) is 5.94. The molecule has 0 bridgehead atoms. The van der Waals surface area contributed by atoms with Gasteiger partial charge in [0.15, 0.2) is 5.82 Å². The van der Waals surface area contributed by atoms with E-state index < -0.39 is 5.97 Å². The van der Waals surface area contributed by atoms with Gasteiger partial charge in [-0.3, -0.25) is 9.36 Å². The molecule has 3 aromatic carbocycles. The molecule has 0 aliphatic carbocycles. The molecule has 0 radical (unpaired) electrons. The largest absolute Gasteiger partial charge is 0.496 e. The molecule has 0 saturated carbocycles. The van der Waals surface area contributed by atoms with Gasteiger partial charge in [-0.2, -0.15) is 0 Å². The minimum Gasteiger partial charge on any atom is -0.496 e. The third kappa shape index (κ3) is 4.34. The van der Waals surface area contributed by atoms with Crippen LogP contribution < -0.4 is 15.6 Å². The molecule has 10 heteroatoms. The number of para-hydroxylation sites is 1. The van der Waals surface area contributed by atoms with Crippen molar-refractivity contribution >= 4 is 44.2 Å². The lowest BCUT2D eigenvalue weighted by Crippen LogP contribution is -2.26. The highest BCUT2D eigenvalue weighted by Gasteiger charge is 2.21. The van der Waals surface area contributed by atoms with Crippen molar-refractivity contribution < 1.29 is 14.6 Å². The number of rotatable bonds is 7. The maximum atomic E-state index is 14.4. The van der Waals surface area contributed by atoms with E-state index in [1.54, 1.807) is 22.2 Å². The van der Waals surface area contributed by atoms with Gasteiger partial charge in [-0.25, -0.2) is 19.7 Å². The number of thiazole rings is 1. The number of nitrogens with one attached hydrogen (secondary N) is 1. The Labute approximate surface area is 232 Å². The minimum absolute atomic E-state index is 0.0503. The maximum Gasteiger partial charge on any atom is 0.339 e. The van der Waals surface area contributed by atoms with Crippen LogP contribution in [-0.2, 0) is 0 Å². The highest BCUT2D eigenvalue weighted by atomic mass is 32.1. The monoisotopic (exact) mass is 549 g/mol. The van der Waals surface area contributed by atoms with Gasteiger partial charge in [0.25, 0.3) is 5.56 Å². The average molecular weight is 550 g/mol. The van der Waals surface area contributed by atoms with Gasteiger partial charge < -0.3 is 15.2 Å². The number of ether oxygens (including phenoxy) is 1. The Hall–Kier alpha value is -5.09. The molecule has 0 spiro atoms. The molecule has 40 heavy (non-hydrogen) atoms. The molecular weight excluding hydrogens is 526 g/mol. The molecule has 1 unspecified atom stereocenters. The van der Waals surface area contributed by atoms with Gasteiger partial charge >= 0.3 is 5.97 Å². The van der Waals surface area contributed by atoms with Crippen molar-refractivity contribution in [2.24, 2.45) is 0 Å². The van der Waals surface area contributed by atoms with Crippen molar-refractivity contribution in [3.8, 4) is 22.6 Å². The predicted molar refractivity (Wildman–Crippen MR) is 156 cm³/mol. The van der Waals surface area contributed by atoms with Crippen LogP contribution in [0.4, 0.5) is 5.82 Å². The lowest BCUT2D eigenvalue weighted by molar-refractivity contribution is 0.0693. The number of carboxylic acids is 1. The number of carboxylic acid groups (broad SMARTS) is 1. The van der Waals surface area contributed by atoms with Gasteiger partial charge in [-0.05, 0) is 53.8 Å². The van der Waals surface area contributed by atoms with Gasteiger partial charge in [-0.15, -0.1) is 11.3 Å². The number of anilines is 1. The summed E-state index contributed by atoms with van der Waals surface area (Å²) in [5.74, 6) is -0.277. The number of pyridine rings is 1. The first-order valence-electron chi connectivity index (χ1n) is 12.4. The molecule has 6 rings (SSSR count). The first kappa shape index (κ1) is 25.2. The Bertz CT molecular complexity index is 1950. The third-order valence-corrected chi connectivity index (χ3v) is 7.50. The molecule has 0 aliphatic rings. The lowest BCUT2D eigenvalue weighted by Gasteiger charge is -2.22. The zero-order chi connectivity index (χ0) is 27.8. The van der Waals surface area contributed by atoms with Crippen molar-refractivity contribution in [1.29, 1.82) is 0 Å². The fraction of sp³-hybridized carbons (Fsp3) is 0.100. The summed E-state index contributed by atoms with van der Waals surface area (Å²) in [7, 11) is 1.43. The van der Waals surface area contributed by atoms with Crippen LogP contribution >= 0.6 is 11.3 Å². The van der Waals surface area contributed by atoms with Crippen molar-refractivity contribution in [3.63, 3.8) is 0 Å². The van der Waals surface area contributed by atoms with Gasteiger partial charge in [0.2, 0.25) is 0 Å². The van der Waals surface area contributed by atoms with Crippen LogP contribution in [0.1, 0.15) is 29.0 Å². The van der Waals surface area contributed by atoms with Crippen LogP contribution in [0.25, 0.3) is 37.9 Å². The fourth-order valence-corrected chi connectivity index (χ4v) is 5.53. The highest BCUT2D eigenvalue weighted by molar-refractivity contribution is 7.16. The molecule has 0 saturated heterocycles. The van der Waals surface area contributed by atoms with Crippen LogP contribution in [0.15, 0.2) is 89.4 Å². The Morgan fingerprint density at radius 2 is 1.85 bits per heavy atom. The number of hydrogen-bond acceptors (Lipinski definition) is 8. The normalized spacial score (nSPS) is 11.9. The molecule has 3 heterocycles. The number of aromatic nitrogens is 4. The summed E-state index contributed by atoms with van der Waals surface area (Å²) in [6.07, 6.45) is 1.50. The number of carbonyl (C=O) groups is 1. The molecule has 1 atom stereocenters. The number of nitrogens with zero attached hydrogens (tertiary/aromatic N) is 4. The van der Waals surface area contributed by atoms with E-state index in [9.17, 15) is 14.7 Å². The molecule has 0 amide bonds. The summed E-state index contributed by atoms with van der Waals surface area (Å²) in [6, 6.07) is 21.6. The van der Waals surface area contributed by atoms with Crippen molar-refractivity contribution in [3.05, 3.63) is 106 Å². The first-order chi connectivity index (χ1) is 19.5. The standard InChI is InChI=1S/C30H23N5O4S/c1-17(34-27-26-28(32-15-31-27)40-16-33-26)23-13-19-7-6-10-21(18-11-12-22(30(37)38)24(14-18)39-2)25(19)29(36)35(23)20-8-4-3-5-9-20/h3-17H,1-2H3,(H,37,38)(H,31,32,34). The van der Waals surface area contributed by atoms with E-state index in [1.165, 1.54) is 30.8 Å². The SMILES string of the molecule is COc1cc(-c2cccc3cc(C(C)Nc4ncnc5scnc45)n(-c4ccccc4)c(=O)c23)ccc1C(=O)O. The summed E-state index contributed by atoms with van der Waals surface area (Å²) < 4.78 is 7.05. The molecule has 0 fully saturated rings. The van der Waals surface area contributed by atoms with Crippen molar-refractivity contribution in [2.45, 2.75) is 13.0 Å². The van der Waals surface area contributed by atoms with E-state index in [-0.39, 0.29) is 22.9 Å². The van der Waals surface area contributed by atoms with Gasteiger partial charge in [-0.1, -0.05) is 42.5 Å². The van der Waals surface area contributed by atoms with Crippen LogP contribution in [-0.4, -0.2) is 37.7 Å². The average Bonchev–Trinajstić information content (AvgIpc) is 3.47. The van der Waals surface area contributed by atoms with Crippen molar-refractivity contribution in [2.75, 3.05) is 12.4 Å². The zero-order valence-electron chi connectivity index (χ0n) is 21.5. The highest BCUT2D eigenvalue weighted by Crippen LogP contribution is 2.33. The van der Waals surface area contributed by atoms with Gasteiger partial charge in [0.05, 0.1) is 24.0 Å². The van der Waals surface area contributed by atoms with Crippen LogP contribution in [0.2, 0.25) is 0 Å². The van der Waals surface area contributed by atoms with Crippen molar-refractivity contribution in [1.82, 2.24) is 19.5 Å². The molecular formula is C30H23N5O4S. The Balaban J connectivity index is 1.56. The zero-order valence-corrected chi connectivity index (χ0v) is 22.3. The van der Waals surface area contributed by atoms with E-state index in [2.05, 4.69) is 20.3 Å². The summed E-state index contributed by atoms with van der Waals surface area (Å²) in [6.45, 7) is 1.97. The molecule has 198 valence electrons. The second-order valence-electron chi connectivity index (χ2n) is 9.13. The van der Waals surface area contributed by atoms with E-state index in [0.717, 1.165) is 15.9 Å². The van der Waals surface area contributed by atoms with E-state index >= 15 is 0 Å². The van der Waals surface area contributed by atoms with Gasteiger partial charge in [0.1, 0.15) is 28.0 Å². The summed E-state index contributed by atoms with van der Waals surface area (Å²) in [4.78, 5) is 39.9. The first-order valence-corrected chi connectivity index (χ1v) is 13.3. The quantitative estimate of drug-likeness (QED) is 0.251. The van der Waals surface area contributed by atoms with Crippen LogP contribution in [0.3, 0.4) is 0 Å². The van der Waals surface area contributed by atoms with E-state index in [1.807, 2.05) is 61.5 Å².